The lowest BCUT2D eigenvalue weighted by Crippen LogP contribution is -2.26. The van der Waals surface area contributed by atoms with Crippen LogP contribution in [0.25, 0.3) is 0 Å². The van der Waals surface area contributed by atoms with Crippen LogP contribution < -0.4 is 10.6 Å². The first-order valence-electron chi connectivity index (χ1n) is 8.08. The Labute approximate surface area is 146 Å². The molecule has 6 heteroatoms. The number of amides is 1. The van der Waals surface area contributed by atoms with Crippen LogP contribution in [0.5, 0.6) is 0 Å². The highest BCUT2D eigenvalue weighted by atomic mass is 16.1. The van der Waals surface area contributed by atoms with E-state index in [1.54, 1.807) is 18.6 Å². The van der Waals surface area contributed by atoms with Crippen LogP contribution in [0.1, 0.15) is 21.6 Å². The molecule has 6 nitrogen and oxygen atoms in total. The van der Waals surface area contributed by atoms with Crippen molar-refractivity contribution in [1.82, 2.24) is 20.3 Å². The molecule has 2 heterocycles. The molecule has 2 aromatic heterocycles. The third kappa shape index (κ3) is 5.10. The minimum Gasteiger partial charge on any atom is -0.365 e. The van der Waals surface area contributed by atoms with Crippen molar-refractivity contribution in [1.29, 1.82) is 0 Å². The second-order valence-electron chi connectivity index (χ2n) is 5.49. The van der Waals surface area contributed by atoms with Gasteiger partial charge in [0.2, 0.25) is 0 Å². The molecule has 1 aromatic carbocycles. The summed E-state index contributed by atoms with van der Waals surface area (Å²) in [7, 11) is 0. The van der Waals surface area contributed by atoms with Gasteiger partial charge < -0.3 is 10.6 Å². The highest BCUT2D eigenvalue weighted by Gasteiger charge is 2.07. The van der Waals surface area contributed by atoms with Crippen molar-refractivity contribution in [3.8, 4) is 0 Å². The average molecular weight is 333 g/mol. The lowest BCUT2D eigenvalue weighted by molar-refractivity contribution is 0.0949. The molecule has 0 aliphatic carbocycles. The monoisotopic (exact) mass is 333 g/mol. The van der Waals surface area contributed by atoms with E-state index in [0.29, 0.717) is 24.6 Å². The van der Waals surface area contributed by atoms with Gasteiger partial charge in [0.25, 0.3) is 5.91 Å². The number of carbonyl (C=O) groups is 1. The lowest BCUT2D eigenvalue weighted by Gasteiger charge is -2.07. The van der Waals surface area contributed by atoms with E-state index in [0.717, 1.165) is 12.0 Å². The predicted octanol–water partition coefficient (Wildman–Crippen LogP) is 2.46. The second kappa shape index (κ2) is 8.54. The summed E-state index contributed by atoms with van der Waals surface area (Å²) in [5, 5.41) is 6.01. The molecule has 0 unspecified atom stereocenters. The predicted molar refractivity (Wildman–Crippen MR) is 96.1 cm³/mol. The Morgan fingerprint density at radius 1 is 0.920 bits per heavy atom. The van der Waals surface area contributed by atoms with Crippen molar-refractivity contribution in [2.75, 3.05) is 11.9 Å². The van der Waals surface area contributed by atoms with E-state index in [9.17, 15) is 4.79 Å². The lowest BCUT2D eigenvalue weighted by atomic mass is 10.1. The third-order valence-electron chi connectivity index (χ3n) is 3.65. The number of pyridine rings is 1. The zero-order chi connectivity index (χ0) is 17.3. The van der Waals surface area contributed by atoms with Gasteiger partial charge in [0.15, 0.2) is 0 Å². The molecule has 2 N–H and O–H groups in total. The molecule has 0 atom stereocenters. The number of benzene rings is 1. The van der Waals surface area contributed by atoms with E-state index in [-0.39, 0.29) is 5.91 Å². The van der Waals surface area contributed by atoms with Crippen LogP contribution in [0.15, 0.2) is 67.3 Å². The summed E-state index contributed by atoms with van der Waals surface area (Å²) in [6.07, 6.45) is 7.31. The van der Waals surface area contributed by atoms with Crippen LogP contribution in [0, 0.1) is 0 Å². The van der Waals surface area contributed by atoms with Crippen molar-refractivity contribution < 1.29 is 4.79 Å². The van der Waals surface area contributed by atoms with Crippen molar-refractivity contribution in [2.24, 2.45) is 0 Å². The van der Waals surface area contributed by atoms with Crippen molar-refractivity contribution >= 4 is 11.7 Å². The Hall–Kier alpha value is -3.28. The number of hydrogen-bond acceptors (Lipinski definition) is 5. The summed E-state index contributed by atoms with van der Waals surface area (Å²) in [6.45, 7) is 1.19. The Bertz CT molecular complexity index is 791. The number of nitrogens with one attached hydrogen (secondary N) is 2. The zero-order valence-corrected chi connectivity index (χ0v) is 13.7. The summed E-state index contributed by atoms with van der Waals surface area (Å²) in [4.78, 5) is 24.5. The average Bonchev–Trinajstić information content (AvgIpc) is 2.68. The Morgan fingerprint density at radius 2 is 1.72 bits per heavy atom. The van der Waals surface area contributed by atoms with Gasteiger partial charge in [-0.05, 0) is 29.7 Å². The number of anilines is 1. The minimum atomic E-state index is -0.218. The quantitative estimate of drug-likeness (QED) is 0.694. The van der Waals surface area contributed by atoms with Crippen LogP contribution >= 0.6 is 0 Å². The Balaban J connectivity index is 1.47. The SMILES string of the molecule is O=C(NCCc1ccccc1)c1cnc(NCc2ccncc2)cn1. The van der Waals surface area contributed by atoms with E-state index in [2.05, 4.69) is 25.6 Å². The molecule has 0 saturated heterocycles. The molecule has 126 valence electrons. The van der Waals surface area contributed by atoms with Crippen molar-refractivity contribution in [3.63, 3.8) is 0 Å². The number of rotatable bonds is 7. The van der Waals surface area contributed by atoms with Gasteiger partial charge in [-0.1, -0.05) is 30.3 Å². The first-order valence-corrected chi connectivity index (χ1v) is 8.08. The number of hydrogen-bond donors (Lipinski definition) is 2. The second-order valence-corrected chi connectivity index (χ2v) is 5.49. The van der Waals surface area contributed by atoms with Gasteiger partial charge in [-0.15, -0.1) is 0 Å². The molecule has 0 spiro atoms. The van der Waals surface area contributed by atoms with Crippen LogP contribution in [-0.4, -0.2) is 27.4 Å². The van der Waals surface area contributed by atoms with E-state index >= 15 is 0 Å². The van der Waals surface area contributed by atoms with Crippen LogP contribution in [-0.2, 0) is 13.0 Å². The summed E-state index contributed by atoms with van der Waals surface area (Å²) in [5.74, 6) is 0.404. The van der Waals surface area contributed by atoms with Gasteiger partial charge in [-0.2, -0.15) is 0 Å². The molecule has 0 aliphatic heterocycles. The molecule has 3 rings (SSSR count). The first-order chi connectivity index (χ1) is 12.3. The van der Waals surface area contributed by atoms with Gasteiger partial charge in [-0.3, -0.25) is 9.78 Å². The van der Waals surface area contributed by atoms with Crippen LogP contribution in [0.3, 0.4) is 0 Å². The molecule has 25 heavy (non-hydrogen) atoms. The maximum atomic E-state index is 12.1. The van der Waals surface area contributed by atoms with Gasteiger partial charge in [0.1, 0.15) is 11.5 Å². The fourth-order valence-corrected chi connectivity index (χ4v) is 2.29. The smallest absolute Gasteiger partial charge is 0.271 e. The normalized spacial score (nSPS) is 10.2. The standard InChI is InChI=1S/C19H19N5O/c25-19(21-11-8-15-4-2-1-3-5-15)17-13-24-18(14-22-17)23-12-16-6-9-20-10-7-16/h1-7,9-10,13-14H,8,11-12H2,(H,21,25)(H,23,24). The van der Waals surface area contributed by atoms with Crippen molar-refractivity contribution in [2.45, 2.75) is 13.0 Å². The molecular weight excluding hydrogens is 314 g/mol. The molecule has 0 aliphatic rings. The third-order valence-corrected chi connectivity index (χ3v) is 3.65. The fourth-order valence-electron chi connectivity index (χ4n) is 2.29. The Kier molecular flexibility index (Phi) is 5.66. The molecule has 0 saturated carbocycles. The van der Waals surface area contributed by atoms with E-state index in [1.807, 2.05) is 42.5 Å². The number of nitrogens with zero attached hydrogens (tertiary/aromatic N) is 3. The summed E-state index contributed by atoms with van der Waals surface area (Å²) in [6, 6.07) is 13.9. The zero-order valence-electron chi connectivity index (χ0n) is 13.7. The molecular formula is C19H19N5O. The summed E-state index contributed by atoms with van der Waals surface area (Å²) >= 11 is 0. The molecule has 0 bridgehead atoms. The van der Waals surface area contributed by atoms with E-state index in [4.69, 9.17) is 0 Å². The van der Waals surface area contributed by atoms with Gasteiger partial charge in [0, 0.05) is 25.5 Å². The van der Waals surface area contributed by atoms with Crippen LogP contribution in [0.4, 0.5) is 5.82 Å². The molecule has 1 amide bonds. The Morgan fingerprint density at radius 3 is 2.44 bits per heavy atom. The highest BCUT2D eigenvalue weighted by Crippen LogP contribution is 2.05. The fraction of sp³-hybridized carbons (Fsp3) is 0.158. The maximum absolute atomic E-state index is 12.1. The molecule has 0 radical (unpaired) electrons. The van der Waals surface area contributed by atoms with Gasteiger partial charge in [0.05, 0.1) is 12.4 Å². The van der Waals surface area contributed by atoms with E-state index < -0.39 is 0 Å². The number of aromatic nitrogens is 3. The van der Waals surface area contributed by atoms with Gasteiger partial charge >= 0.3 is 0 Å². The molecule has 3 aromatic rings. The topological polar surface area (TPSA) is 79.8 Å². The summed E-state index contributed by atoms with van der Waals surface area (Å²) < 4.78 is 0. The number of carbonyl (C=O) groups excluding carboxylic acids is 1. The highest BCUT2D eigenvalue weighted by molar-refractivity contribution is 5.91. The summed E-state index contributed by atoms with van der Waals surface area (Å²) in [5.41, 5.74) is 2.59. The molecule has 0 fully saturated rings. The van der Waals surface area contributed by atoms with E-state index in [1.165, 1.54) is 11.8 Å². The van der Waals surface area contributed by atoms with Gasteiger partial charge in [-0.25, -0.2) is 9.97 Å². The van der Waals surface area contributed by atoms with Crippen molar-refractivity contribution in [3.05, 3.63) is 84.1 Å². The maximum Gasteiger partial charge on any atom is 0.271 e. The van der Waals surface area contributed by atoms with Crippen LogP contribution in [0.2, 0.25) is 0 Å². The first kappa shape index (κ1) is 16.6. The largest absolute Gasteiger partial charge is 0.365 e. The minimum absolute atomic E-state index is 0.218.